The van der Waals surface area contributed by atoms with Crippen LogP contribution in [0.25, 0.3) is 0 Å². The van der Waals surface area contributed by atoms with Crippen molar-refractivity contribution in [2.75, 3.05) is 13.1 Å². The van der Waals surface area contributed by atoms with Gasteiger partial charge in [0.05, 0.1) is 0 Å². The Morgan fingerprint density at radius 2 is 1.71 bits per heavy atom. The van der Waals surface area contributed by atoms with Gasteiger partial charge in [0.15, 0.2) is 5.12 Å². The maximum Gasteiger partial charge on any atom is 0.251 e. The van der Waals surface area contributed by atoms with Crippen LogP contribution in [0.3, 0.4) is 0 Å². The SMILES string of the molecule is CC(=O)SCc1ccc(C(=O)NCCNC(C)(C)C)cc1. The number of carbonyl (C=O) groups is 2. The lowest BCUT2D eigenvalue weighted by Gasteiger charge is -2.20. The molecule has 1 rings (SSSR count). The second-order valence-corrected chi connectivity index (χ2v) is 7.06. The van der Waals surface area contributed by atoms with E-state index in [0.717, 1.165) is 12.1 Å². The third-order valence-electron chi connectivity index (χ3n) is 2.72. The molecule has 1 aromatic rings. The maximum absolute atomic E-state index is 11.9. The van der Waals surface area contributed by atoms with Crippen LogP contribution in [0.5, 0.6) is 0 Å². The molecule has 0 fully saturated rings. The van der Waals surface area contributed by atoms with Crippen LogP contribution in [0, 0.1) is 0 Å². The minimum Gasteiger partial charge on any atom is -0.351 e. The number of thioether (sulfide) groups is 1. The van der Waals surface area contributed by atoms with Crippen molar-refractivity contribution in [2.45, 2.75) is 39.0 Å². The first-order chi connectivity index (χ1) is 9.78. The highest BCUT2D eigenvalue weighted by Crippen LogP contribution is 2.13. The van der Waals surface area contributed by atoms with Crippen molar-refractivity contribution in [1.82, 2.24) is 10.6 Å². The fourth-order valence-electron chi connectivity index (χ4n) is 1.65. The number of nitrogens with one attached hydrogen (secondary N) is 2. The predicted molar refractivity (Wildman–Crippen MR) is 88.5 cm³/mol. The summed E-state index contributed by atoms with van der Waals surface area (Å²) in [7, 11) is 0. The topological polar surface area (TPSA) is 58.2 Å². The van der Waals surface area contributed by atoms with Crippen LogP contribution in [-0.2, 0) is 10.5 Å². The highest BCUT2D eigenvalue weighted by Gasteiger charge is 2.09. The second kappa shape index (κ2) is 8.20. The van der Waals surface area contributed by atoms with Gasteiger partial charge >= 0.3 is 0 Å². The molecule has 1 amide bonds. The van der Waals surface area contributed by atoms with E-state index < -0.39 is 0 Å². The van der Waals surface area contributed by atoms with Gasteiger partial charge in [0, 0.05) is 36.9 Å². The average Bonchev–Trinajstić information content (AvgIpc) is 2.40. The van der Waals surface area contributed by atoms with Gasteiger partial charge in [-0.15, -0.1) is 0 Å². The van der Waals surface area contributed by atoms with Crippen molar-refractivity contribution >= 4 is 22.8 Å². The van der Waals surface area contributed by atoms with Crippen LogP contribution in [0.1, 0.15) is 43.6 Å². The molecule has 5 heteroatoms. The first-order valence-corrected chi connectivity index (χ1v) is 8.02. The fraction of sp³-hybridized carbons (Fsp3) is 0.500. The molecule has 0 aliphatic rings. The molecule has 0 radical (unpaired) electrons. The van der Waals surface area contributed by atoms with Gasteiger partial charge < -0.3 is 10.6 Å². The standard InChI is InChI=1S/C16H24N2O2S/c1-12(19)21-11-13-5-7-14(8-6-13)15(20)17-9-10-18-16(2,3)4/h5-8,18H,9-11H2,1-4H3,(H,17,20). The lowest BCUT2D eigenvalue weighted by molar-refractivity contribution is -0.109. The highest BCUT2D eigenvalue weighted by atomic mass is 32.2. The number of carbonyl (C=O) groups excluding carboxylic acids is 2. The summed E-state index contributed by atoms with van der Waals surface area (Å²) in [6.07, 6.45) is 0. The van der Waals surface area contributed by atoms with Crippen LogP contribution in [-0.4, -0.2) is 29.7 Å². The van der Waals surface area contributed by atoms with Crippen LogP contribution < -0.4 is 10.6 Å². The van der Waals surface area contributed by atoms with Crippen molar-refractivity contribution in [1.29, 1.82) is 0 Å². The summed E-state index contributed by atoms with van der Waals surface area (Å²) in [6, 6.07) is 7.36. The Morgan fingerprint density at radius 1 is 1.10 bits per heavy atom. The third-order valence-corrected chi connectivity index (χ3v) is 3.61. The summed E-state index contributed by atoms with van der Waals surface area (Å²) in [4.78, 5) is 22.9. The first kappa shape index (κ1) is 17.7. The van der Waals surface area contributed by atoms with Crippen molar-refractivity contribution in [3.05, 3.63) is 35.4 Å². The summed E-state index contributed by atoms with van der Waals surface area (Å²) < 4.78 is 0. The molecule has 2 N–H and O–H groups in total. The lowest BCUT2D eigenvalue weighted by Crippen LogP contribution is -2.41. The van der Waals surface area contributed by atoms with Crippen LogP contribution in [0.2, 0.25) is 0 Å². The van der Waals surface area contributed by atoms with Crippen molar-refractivity contribution < 1.29 is 9.59 Å². The molecule has 116 valence electrons. The number of rotatable bonds is 6. The first-order valence-electron chi connectivity index (χ1n) is 7.03. The number of hydrogen-bond acceptors (Lipinski definition) is 4. The molecule has 0 spiro atoms. The van der Waals surface area contributed by atoms with Gasteiger partial charge in [-0.2, -0.15) is 0 Å². The summed E-state index contributed by atoms with van der Waals surface area (Å²) in [5.41, 5.74) is 1.74. The van der Waals surface area contributed by atoms with E-state index >= 15 is 0 Å². The van der Waals surface area contributed by atoms with E-state index in [4.69, 9.17) is 0 Å². The summed E-state index contributed by atoms with van der Waals surface area (Å²) >= 11 is 1.27. The largest absolute Gasteiger partial charge is 0.351 e. The van der Waals surface area contributed by atoms with Gasteiger partial charge in [-0.1, -0.05) is 23.9 Å². The van der Waals surface area contributed by atoms with Crippen molar-refractivity contribution in [3.8, 4) is 0 Å². The zero-order valence-electron chi connectivity index (χ0n) is 13.2. The summed E-state index contributed by atoms with van der Waals surface area (Å²) in [5, 5.41) is 6.30. The minimum atomic E-state index is -0.0727. The Balaban J connectivity index is 2.39. The summed E-state index contributed by atoms with van der Waals surface area (Å²) in [6.45, 7) is 9.16. The van der Waals surface area contributed by atoms with E-state index in [9.17, 15) is 9.59 Å². The van der Waals surface area contributed by atoms with E-state index in [2.05, 4.69) is 31.4 Å². The molecule has 1 aromatic carbocycles. The Bertz CT molecular complexity index is 478. The maximum atomic E-state index is 11.9. The molecule has 0 saturated heterocycles. The van der Waals surface area contributed by atoms with Gasteiger partial charge in [0.1, 0.15) is 0 Å². The Morgan fingerprint density at radius 3 is 2.24 bits per heavy atom. The molecular formula is C16H24N2O2S. The van der Waals surface area contributed by atoms with E-state index in [-0.39, 0.29) is 16.6 Å². The minimum absolute atomic E-state index is 0.0563. The van der Waals surface area contributed by atoms with Gasteiger partial charge in [-0.05, 0) is 38.5 Å². The molecular weight excluding hydrogens is 284 g/mol. The van der Waals surface area contributed by atoms with Crippen molar-refractivity contribution in [2.24, 2.45) is 0 Å². The van der Waals surface area contributed by atoms with Crippen LogP contribution in [0.15, 0.2) is 24.3 Å². The third kappa shape index (κ3) is 7.87. The van der Waals surface area contributed by atoms with Gasteiger partial charge in [0.25, 0.3) is 5.91 Å². The lowest BCUT2D eigenvalue weighted by atomic mass is 10.1. The van der Waals surface area contributed by atoms with Gasteiger partial charge in [0.2, 0.25) is 0 Å². The molecule has 21 heavy (non-hydrogen) atoms. The van der Waals surface area contributed by atoms with Crippen LogP contribution in [0.4, 0.5) is 0 Å². The van der Waals surface area contributed by atoms with Gasteiger partial charge in [-0.25, -0.2) is 0 Å². The van der Waals surface area contributed by atoms with E-state index in [1.165, 1.54) is 11.8 Å². The van der Waals surface area contributed by atoms with Crippen LogP contribution >= 0.6 is 11.8 Å². The average molecular weight is 308 g/mol. The van der Waals surface area contributed by atoms with E-state index in [1.54, 1.807) is 19.1 Å². The molecule has 0 atom stereocenters. The normalized spacial score (nSPS) is 11.2. The van der Waals surface area contributed by atoms with Crippen molar-refractivity contribution in [3.63, 3.8) is 0 Å². The molecule has 0 bridgehead atoms. The monoisotopic (exact) mass is 308 g/mol. The fourth-order valence-corrected chi connectivity index (χ4v) is 2.22. The molecule has 0 heterocycles. The molecule has 0 unspecified atom stereocenters. The Labute approximate surface area is 131 Å². The zero-order chi connectivity index (χ0) is 15.9. The second-order valence-electron chi connectivity index (χ2n) is 5.91. The number of amides is 1. The zero-order valence-corrected chi connectivity index (χ0v) is 14.0. The molecule has 0 aliphatic carbocycles. The number of benzene rings is 1. The van der Waals surface area contributed by atoms with E-state index in [0.29, 0.717) is 17.9 Å². The predicted octanol–water partition coefficient (Wildman–Crippen LogP) is 2.58. The molecule has 0 saturated carbocycles. The summed E-state index contributed by atoms with van der Waals surface area (Å²) in [5.74, 6) is 0.573. The Hall–Kier alpha value is -1.33. The smallest absolute Gasteiger partial charge is 0.251 e. The quantitative estimate of drug-likeness (QED) is 0.793. The highest BCUT2D eigenvalue weighted by molar-refractivity contribution is 8.12. The molecule has 0 aromatic heterocycles. The molecule has 0 aliphatic heterocycles. The number of hydrogen-bond donors (Lipinski definition) is 2. The molecule has 4 nitrogen and oxygen atoms in total. The van der Waals surface area contributed by atoms with E-state index in [1.807, 2.05) is 12.1 Å². The van der Waals surface area contributed by atoms with Gasteiger partial charge in [-0.3, -0.25) is 9.59 Å². The Kier molecular flexibility index (Phi) is 6.92.